The Kier molecular flexibility index (Phi) is 4.16. The van der Waals surface area contributed by atoms with Gasteiger partial charge in [-0.15, -0.1) is 0 Å². The summed E-state index contributed by atoms with van der Waals surface area (Å²) in [7, 11) is -1.95. The molecular weight excluding hydrogens is 330 g/mol. The molecule has 7 nitrogen and oxygen atoms in total. The van der Waals surface area contributed by atoms with Gasteiger partial charge in [0.15, 0.2) is 0 Å². The Morgan fingerprint density at radius 1 is 1.25 bits per heavy atom. The van der Waals surface area contributed by atoms with Crippen molar-refractivity contribution in [1.29, 1.82) is 0 Å². The highest BCUT2D eigenvalue weighted by molar-refractivity contribution is 7.92. The monoisotopic (exact) mass is 351 g/mol. The molecule has 8 heteroatoms. The number of aromatic nitrogens is 2. The SMILES string of the molecule is Cc1nn(C)c2c1N(S(=O)(=O)c1ccc(OC(C)C)cc1)CCO2. The highest BCUT2D eigenvalue weighted by atomic mass is 32.2. The fourth-order valence-electron chi connectivity index (χ4n) is 2.74. The lowest BCUT2D eigenvalue weighted by molar-refractivity contribution is 0.242. The molecule has 2 aromatic rings. The first-order valence-corrected chi connectivity index (χ1v) is 9.20. The molecule has 0 unspecified atom stereocenters. The summed E-state index contributed by atoms with van der Waals surface area (Å²) in [5.74, 6) is 1.12. The van der Waals surface area contributed by atoms with E-state index in [-0.39, 0.29) is 17.5 Å². The lowest BCUT2D eigenvalue weighted by Crippen LogP contribution is -2.38. The standard InChI is InChI=1S/C16H21N3O4S/c1-11(2)23-13-5-7-14(8-6-13)24(20,21)19-9-10-22-16-15(19)12(3)17-18(16)4/h5-8,11H,9-10H2,1-4H3. The molecule has 130 valence electrons. The molecule has 24 heavy (non-hydrogen) atoms. The highest BCUT2D eigenvalue weighted by Gasteiger charge is 2.34. The third kappa shape index (κ3) is 2.82. The summed E-state index contributed by atoms with van der Waals surface area (Å²) in [5, 5.41) is 4.26. The molecule has 0 saturated carbocycles. The largest absolute Gasteiger partial charge is 0.491 e. The summed E-state index contributed by atoms with van der Waals surface area (Å²) in [5.41, 5.74) is 1.13. The van der Waals surface area contributed by atoms with Gasteiger partial charge in [0.25, 0.3) is 10.0 Å². The van der Waals surface area contributed by atoms with Crippen molar-refractivity contribution in [2.75, 3.05) is 17.5 Å². The fourth-order valence-corrected chi connectivity index (χ4v) is 4.24. The second-order valence-electron chi connectivity index (χ2n) is 5.93. The summed E-state index contributed by atoms with van der Waals surface area (Å²) < 4.78 is 40.1. The first-order valence-electron chi connectivity index (χ1n) is 7.76. The molecule has 0 aliphatic carbocycles. The van der Waals surface area contributed by atoms with Crippen LogP contribution in [0.1, 0.15) is 19.5 Å². The number of ether oxygens (including phenoxy) is 2. The van der Waals surface area contributed by atoms with Crippen LogP contribution < -0.4 is 13.8 Å². The second kappa shape index (κ2) is 6.01. The molecule has 0 radical (unpaired) electrons. The summed E-state index contributed by atoms with van der Waals surface area (Å²) in [4.78, 5) is 0.217. The van der Waals surface area contributed by atoms with Gasteiger partial charge in [-0.2, -0.15) is 5.10 Å². The zero-order chi connectivity index (χ0) is 17.5. The van der Waals surface area contributed by atoms with E-state index in [2.05, 4.69) is 5.10 Å². The minimum Gasteiger partial charge on any atom is -0.491 e. The van der Waals surface area contributed by atoms with Gasteiger partial charge in [-0.05, 0) is 45.0 Å². The van der Waals surface area contributed by atoms with E-state index in [9.17, 15) is 8.42 Å². The van der Waals surface area contributed by atoms with Crippen LogP contribution in [0.25, 0.3) is 0 Å². The van der Waals surface area contributed by atoms with Gasteiger partial charge in [0.05, 0.1) is 23.2 Å². The summed E-state index contributed by atoms with van der Waals surface area (Å²) >= 11 is 0. The third-order valence-corrected chi connectivity index (χ3v) is 5.52. The van der Waals surface area contributed by atoms with Crippen LogP contribution >= 0.6 is 0 Å². The zero-order valence-corrected chi connectivity index (χ0v) is 15.0. The van der Waals surface area contributed by atoms with Crippen molar-refractivity contribution < 1.29 is 17.9 Å². The molecule has 0 saturated heterocycles. The number of anilines is 1. The van der Waals surface area contributed by atoms with Crippen LogP contribution in [0.4, 0.5) is 5.69 Å². The molecule has 1 aromatic heterocycles. The molecule has 0 atom stereocenters. The maximum absolute atomic E-state index is 13.0. The van der Waals surface area contributed by atoms with Gasteiger partial charge < -0.3 is 9.47 Å². The van der Waals surface area contributed by atoms with Crippen molar-refractivity contribution in [3.63, 3.8) is 0 Å². The number of fused-ring (bicyclic) bond motifs is 1. The van der Waals surface area contributed by atoms with E-state index in [4.69, 9.17) is 9.47 Å². The van der Waals surface area contributed by atoms with Crippen LogP contribution in [0.15, 0.2) is 29.2 Å². The van der Waals surface area contributed by atoms with E-state index in [0.717, 1.165) is 0 Å². The average Bonchev–Trinajstić information content (AvgIpc) is 2.82. The number of hydrogen-bond donors (Lipinski definition) is 0. The Hall–Kier alpha value is -2.22. The van der Waals surface area contributed by atoms with E-state index < -0.39 is 10.0 Å². The minimum absolute atomic E-state index is 0.0345. The Morgan fingerprint density at radius 2 is 1.92 bits per heavy atom. The smallest absolute Gasteiger partial charge is 0.264 e. The van der Waals surface area contributed by atoms with Crippen LogP contribution in [0.5, 0.6) is 11.6 Å². The van der Waals surface area contributed by atoms with Gasteiger partial charge in [-0.3, -0.25) is 4.31 Å². The topological polar surface area (TPSA) is 73.7 Å². The minimum atomic E-state index is -3.69. The molecule has 2 heterocycles. The van der Waals surface area contributed by atoms with Crippen molar-refractivity contribution in [3.8, 4) is 11.6 Å². The second-order valence-corrected chi connectivity index (χ2v) is 7.79. The molecule has 0 spiro atoms. The van der Waals surface area contributed by atoms with Crippen molar-refractivity contribution in [2.24, 2.45) is 7.05 Å². The predicted molar refractivity (Wildman–Crippen MR) is 90.2 cm³/mol. The van der Waals surface area contributed by atoms with Gasteiger partial charge in [-0.25, -0.2) is 13.1 Å². The van der Waals surface area contributed by atoms with Crippen LogP contribution in [0.3, 0.4) is 0 Å². The van der Waals surface area contributed by atoms with Crippen LogP contribution in [0.2, 0.25) is 0 Å². The highest BCUT2D eigenvalue weighted by Crippen LogP contribution is 2.37. The normalized spacial score (nSPS) is 14.5. The van der Waals surface area contributed by atoms with Crippen LogP contribution in [0, 0.1) is 6.92 Å². The zero-order valence-electron chi connectivity index (χ0n) is 14.2. The summed E-state index contributed by atoms with van der Waals surface area (Å²) in [6.07, 6.45) is 0.0345. The Bertz CT molecular complexity index is 841. The van der Waals surface area contributed by atoms with E-state index >= 15 is 0 Å². The molecule has 1 aliphatic rings. The number of rotatable bonds is 4. The molecule has 1 aromatic carbocycles. The molecule has 0 N–H and O–H groups in total. The van der Waals surface area contributed by atoms with Crippen LogP contribution in [-0.2, 0) is 17.1 Å². The first kappa shape index (κ1) is 16.6. The number of sulfonamides is 1. The van der Waals surface area contributed by atoms with Crippen LogP contribution in [-0.4, -0.2) is 37.5 Å². The Balaban J connectivity index is 1.98. The predicted octanol–water partition coefficient (Wildman–Crippen LogP) is 2.10. The van der Waals surface area contributed by atoms with E-state index in [1.165, 1.54) is 4.31 Å². The average molecular weight is 351 g/mol. The van der Waals surface area contributed by atoms with Gasteiger partial charge in [0.1, 0.15) is 18.0 Å². The molecule has 0 fully saturated rings. The maximum atomic E-state index is 13.0. The quantitative estimate of drug-likeness (QED) is 0.843. The first-order chi connectivity index (χ1) is 11.3. The van der Waals surface area contributed by atoms with Gasteiger partial charge >= 0.3 is 0 Å². The molecule has 0 bridgehead atoms. The number of aryl methyl sites for hydroxylation is 2. The van der Waals surface area contributed by atoms with E-state index in [1.807, 2.05) is 13.8 Å². The molecule has 1 aliphatic heterocycles. The van der Waals surface area contributed by atoms with E-state index in [0.29, 0.717) is 29.6 Å². The number of nitrogens with zero attached hydrogens (tertiary/aromatic N) is 3. The molecule has 0 amide bonds. The Labute approximate surface area is 141 Å². The molecule has 3 rings (SSSR count). The van der Waals surface area contributed by atoms with Gasteiger partial charge in [0.2, 0.25) is 5.88 Å². The number of benzene rings is 1. The Morgan fingerprint density at radius 3 is 2.54 bits per heavy atom. The van der Waals surface area contributed by atoms with Crippen molar-refractivity contribution in [3.05, 3.63) is 30.0 Å². The lowest BCUT2D eigenvalue weighted by atomic mass is 10.3. The van der Waals surface area contributed by atoms with E-state index in [1.54, 1.807) is 42.9 Å². The van der Waals surface area contributed by atoms with Crippen molar-refractivity contribution >= 4 is 15.7 Å². The third-order valence-electron chi connectivity index (χ3n) is 3.71. The number of hydrogen-bond acceptors (Lipinski definition) is 5. The summed E-state index contributed by atoms with van der Waals surface area (Å²) in [6, 6.07) is 6.47. The lowest BCUT2D eigenvalue weighted by Gasteiger charge is -2.28. The summed E-state index contributed by atoms with van der Waals surface area (Å²) in [6.45, 7) is 6.16. The fraction of sp³-hybridized carbons (Fsp3) is 0.438. The molecular formula is C16H21N3O4S. The van der Waals surface area contributed by atoms with Gasteiger partial charge in [0, 0.05) is 7.05 Å². The van der Waals surface area contributed by atoms with Crippen molar-refractivity contribution in [2.45, 2.75) is 31.8 Å². The maximum Gasteiger partial charge on any atom is 0.264 e. The van der Waals surface area contributed by atoms with Gasteiger partial charge in [-0.1, -0.05) is 0 Å². The van der Waals surface area contributed by atoms with Crippen molar-refractivity contribution in [1.82, 2.24) is 9.78 Å².